The van der Waals surface area contributed by atoms with Gasteiger partial charge in [0.25, 0.3) is 0 Å². The van der Waals surface area contributed by atoms with Gasteiger partial charge >= 0.3 is 5.69 Å². The van der Waals surface area contributed by atoms with E-state index in [1.807, 2.05) is 50.5 Å². The zero-order chi connectivity index (χ0) is 37.8. The van der Waals surface area contributed by atoms with Crippen LogP contribution in [0.25, 0.3) is 100 Å². The summed E-state index contributed by atoms with van der Waals surface area (Å²) in [7, 11) is 3.66. The molecule has 10 aromatic rings. The van der Waals surface area contributed by atoms with Gasteiger partial charge in [0.2, 0.25) is 0 Å². The molecule has 0 N–H and O–H groups in total. The van der Waals surface area contributed by atoms with Crippen LogP contribution < -0.4 is 5.69 Å². The second kappa shape index (κ2) is 13.4. The second-order valence-electron chi connectivity index (χ2n) is 14.1. The minimum atomic E-state index is -0.0346. The van der Waals surface area contributed by atoms with Crippen LogP contribution in [0.1, 0.15) is 0 Å². The van der Waals surface area contributed by atoms with Crippen LogP contribution in [-0.2, 0) is 14.1 Å². The second-order valence-corrected chi connectivity index (χ2v) is 14.1. The van der Waals surface area contributed by atoms with Crippen LogP contribution in [0.3, 0.4) is 0 Å². The highest BCUT2D eigenvalue weighted by Gasteiger charge is 2.19. The molecule has 0 fully saturated rings. The predicted octanol–water partition coefficient (Wildman–Crippen LogP) is 11.4. The van der Waals surface area contributed by atoms with Crippen LogP contribution >= 0.6 is 0 Å². The smallest absolute Gasteiger partial charge is 0.295 e. The molecule has 0 aliphatic heterocycles. The Hall–Kier alpha value is -7.44. The number of aryl methyl sites for hydroxylation is 2. The van der Waals surface area contributed by atoms with E-state index in [-0.39, 0.29) is 5.69 Å². The highest BCUT2D eigenvalue weighted by Crippen LogP contribution is 2.44. The van der Waals surface area contributed by atoms with E-state index in [9.17, 15) is 4.79 Å². The number of hydrogen-bond donors (Lipinski definition) is 0. The highest BCUT2D eigenvalue weighted by molar-refractivity contribution is 6.21. The molecular weight excluding hydrogens is 687 g/mol. The number of fused-ring (bicyclic) bond motifs is 3. The molecule has 0 atom stereocenters. The van der Waals surface area contributed by atoms with Gasteiger partial charge in [0, 0.05) is 30.8 Å². The van der Waals surface area contributed by atoms with Gasteiger partial charge < -0.3 is 0 Å². The van der Waals surface area contributed by atoms with E-state index in [0.29, 0.717) is 17.5 Å². The minimum absolute atomic E-state index is 0.0346. The van der Waals surface area contributed by atoms with E-state index in [4.69, 9.17) is 15.0 Å². The SMILES string of the molecule is Cn1c(=O)n(C)c2cc(-c3c4ccccc4c(-c4ccc(-c5nc(-c6ccccc6)nc(-c6cccc(-c7ccccc7)c6)n5)cc4)c4ccccc34)ccc21. The van der Waals surface area contributed by atoms with Crippen molar-refractivity contribution in [2.75, 3.05) is 0 Å². The fourth-order valence-corrected chi connectivity index (χ4v) is 8.02. The molecule has 10 rings (SSSR count). The van der Waals surface area contributed by atoms with Crippen molar-refractivity contribution in [2.24, 2.45) is 14.1 Å². The van der Waals surface area contributed by atoms with Gasteiger partial charge in [-0.3, -0.25) is 9.13 Å². The third kappa shape index (κ3) is 5.58. The van der Waals surface area contributed by atoms with Crippen LogP contribution in [0.5, 0.6) is 0 Å². The number of hydrogen-bond acceptors (Lipinski definition) is 4. The summed E-state index contributed by atoms with van der Waals surface area (Å²) in [5, 5.41) is 4.61. The summed E-state index contributed by atoms with van der Waals surface area (Å²) in [4.78, 5) is 27.9. The molecule has 0 radical (unpaired) electrons. The van der Waals surface area contributed by atoms with E-state index >= 15 is 0 Å². The zero-order valence-electron chi connectivity index (χ0n) is 30.9. The summed E-state index contributed by atoms with van der Waals surface area (Å²) in [5.41, 5.74) is 11.3. The van der Waals surface area contributed by atoms with E-state index < -0.39 is 0 Å². The first-order valence-electron chi connectivity index (χ1n) is 18.7. The van der Waals surface area contributed by atoms with Crippen molar-refractivity contribution >= 4 is 32.6 Å². The maximum Gasteiger partial charge on any atom is 0.328 e. The molecule has 0 unspecified atom stereocenters. The molecule has 266 valence electrons. The molecule has 6 nitrogen and oxygen atoms in total. The topological polar surface area (TPSA) is 65.6 Å². The lowest BCUT2D eigenvalue weighted by Crippen LogP contribution is -2.19. The molecule has 8 aromatic carbocycles. The molecule has 0 amide bonds. The van der Waals surface area contributed by atoms with Gasteiger partial charge in [-0.05, 0) is 73.1 Å². The van der Waals surface area contributed by atoms with E-state index in [1.165, 1.54) is 5.56 Å². The average molecular weight is 722 g/mol. The predicted molar refractivity (Wildman–Crippen MR) is 229 cm³/mol. The molecule has 0 saturated carbocycles. The summed E-state index contributed by atoms with van der Waals surface area (Å²) in [5.74, 6) is 1.86. The number of benzene rings is 8. The first-order valence-corrected chi connectivity index (χ1v) is 18.7. The van der Waals surface area contributed by atoms with Gasteiger partial charge in [-0.25, -0.2) is 19.7 Å². The molecule has 6 heteroatoms. The molecule has 0 spiro atoms. The normalized spacial score (nSPS) is 11.5. The number of nitrogens with zero attached hydrogens (tertiary/aromatic N) is 5. The Bertz CT molecular complexity index is 3110. The lowest BCUT2D eigenvalue weighted by molar-refractivity contribution is 0.795. The lowest BCUT2D eigenvalue weighted by atomic mass is 9.86. The zero-order valence-corrected chi connectivity index (χ0v) is 30.9. The minimum Gasteiger partial charge on any atom is -0.295 e. The van der Waals surface area contributed by atoms with Crippen molar-refractivity contribution in [3.63, 3.8) is 0 Å². The molecule has 56 heavy (non-hydrogen) atoms. The number of aromatic nitrogens is 5. The van der Waals surface area contributed by atoms with E-state index in [0.717, 1.165) is 77.1 Å². The van der Waals surface area contributed by atoms with Crippen molar-refractivity contribution in [1.29, 1.82) is 0 Å². The highest BCUT2D eigenvalue weighted by atomic mass is 16.1. The Morgan fingerprint density at radius 3 is 1.34 bits per heavy atom. The van der Waals surface area contributed by atoms with Crippen LogP contribution in [0.15, 0.2) is 181 Å². The quantitative estimate of drug-likeness (QED) is 0.160. The molecule has 2 heterocycles. The van der Waals surface area contributed by atoms with Gasteiger partial charge in [0.15, 0.2) is 17.5 Å². The van der Waals surface area contributed by atoms with Gasteiger partial charge in [-0.1, -0.05) is 158 Å². The Balaban J connectivity index is 1.11. The fourth-order valence-electron chi connectivity index (χ4n) is 8.02. The monoisotopic (exact) mass is 721 g/mol. The van der Waals surface area contributed by atoms with Crippen LogP contribution in [0.2, 0.25) is 0 Å². The number of imidazole rings is 1. The average Bonchev–Trinajstić information content (AvgIpc) is 3.48. The van der Waals surface area contributed by atoms with Gasteiger partial charge in [0.1, 0.15) is 0 Å². The Labute approximate surface area is 323 Å². The van der Waals surface area contributed by atoms with Crippen molar-refractivity contribution in [3.05, 3.63) is 186 Å². The molecule has 2 aromatic heterocycles. The summed E-state index contributed by atoms with van der Waals surface area (Å²) in [6.07, 6.45) is 0. The summed E-state index contributed by atoms with van der Waals surface area (Å²) in [6, 6.07) is 61.0. The Morgan fingerprint density at radius 1 is 0.339 bits per heavy atom. The van der Waals surface area contributed by atoms with E-state index in [2.05, 4.69) is 140 Å². The van der Waals surface area contributed by atoms with Crippen LogP contribution in [0.4, 0.5) is 0 Å². The van der Waals surface area contributed by atoms with E-state index in [1.54, 1.807) is 9.13 Å². The largest absolute Gasteiger partial charge is 0.328 e. The molecule has 0 saturated heterocycles. The molecule has 0 aliphatic rings. The maximum atomic E-state index is 12.8. The molecular formula is C50H35N5O. The molecule has 0 aliphatic carbocycles. The van der Waals surface area contributed by atoms with Crippen molar-refractivity contribution < 1.29 is 0 Å². The summed E-state index contributed by atoms with van der Waals surface area (Å²) < 4.78 is 3.42. The Kier molecular flexibility index (Phi) is 7.96. The number of rotatable bonds is 6. The van der Waals surface area contributed by atoms with Crippen molar-refractivity contribution in [1.82, 2.24) is 24.1 Å². The first kappa shape index (κ1) is 33.2. The fraction of sp³-hybridized carbons (Fsp3) is 0.0400. The van der Waals surface area contributed by atoms with Gasteiger partial charge in [-0.2, -0.15) is 0 Å². The van der Waals surface area contributed by atoms with Crippen molar-refractivity contribution in [2.45, 2.75) is 0 Å². The van der Waals surface area contributed by atoms with Gasteiger partial charge in [-0.15, -0.1) is 0 Å². The summed E-state index contributed by atoms with van der Waals surface area (Å²) in [6.45, 7) is 0. The Morgan fingerprint density at radius 2 is 0.750 bits per heavy atom. The standard InChI is InChI=1S/C50H35N5O/c1-54-43-29-28-37(31-44(43)55(2)50(54)56)46-41-22-11-9-20-39(41)45(40-21-10-12-23-42(40)46)33-24-26-35(27-25-33)48-51-47(34-16-7-4-8-17-34)52-49(53-48)38-19-13-18-36(30-38)32-14-5-3-6-15-32/h3-31H,1-2H3. The lowest BCUT2D eigenvalue weighted by Gasteiger charge is -2.18. The van der Waals surface area contributed by atoms with Crippen LogP contribution in [-0.4, -0.2) is 24.1 Å². The maximum absolute atomic E-state index is 12.8. The van der Waals surface area contributed by atoms with Crippen molar-refractivity contribution in [3.8, 4) is 67.5 Å². The summed E-state index contributed by atoms with van der Waals surface area (Å²) >= 11 is 0. The third-order valence-electron chi connectivity index (χ3n) is 10.8. The van der Waals surface area contributed by atoms with Crippen LogP contribution in [0, 0.1) is 0 Å². The van der Waals surface area contributed by atoms with Gasteiger partial charge in [0.05, 0.1) is 11.0 Å². The molecule has 0 bridgehead atoms. The first-order chi connectivity index (χ1) is 27.5. The third-order valence-corrected chi connectivity index (χ3v) is 10.8.